The van der Waals surface area contributed by atoms with Crippen molar-refractivity contribution in [1.82, 2.24) is 10.2 Å². The van der Waals surface area contributed by atoms with E-state index in [1.165, 1.54) is 0 Å². The molecule has 3 N–H and O–H groups in total. The first-order chi connectivity index (χ1) is 13.2. The lowest BCUT2D eigenvalue weighted by molar-refractivity contribution is 0.0150. The maximum Gasteiger partial charge on any atom is 0.410 e. The van der Waals surface area contributed by atoms with Crippen LogP contribution >= 0.6 is 0 Å². The van der Waals surface area contributed by atoms with Gasteiger partial charge in [0.1, 0.15) is 5.60 Å². The maximum atomic E-state index is 12.7. The predicted octanol–water partition coefficient (Wildman–Crippen LogP) is 3.83. The molecule has 0 bridgehead atoms. The second-order valence-electron chi connectivity index (χ2n) is 8.76. The van der Waals surface area contributed by atoms with Gasteiger partial charge in [0.15, 0.2) is 0 Å². The molecule has 2 amide bonds. The summed E-state index contributed by atoms with van der Waals surface area (Å²) in [6, 6.07) is 7.77. The number of carbonyl (C=O) groups excluding carboxylic acids is 2. The molecular formula is C22H35N3O3. The first-order valence-corrected chi connectivity index (χ1v) is 10.3. The molecule has 0 aromatic heterocycles. The standard InChI is InChI=1S/C22H35N3O3/c1-16(24-15-17-9-8-10-18(14-17)20(23)26)13-19-11-6-5-7-12-25(19)21(27)28-22(2,3)4/h8-10,14,16,19,24H,5-7,11-13,15H2,1-4H3,(H2,23,26). The van der Waals surface area contributed by atoms with Crippen LogP contribution in [0.1, 0.15) is 75.7 Å². The smallest absolute Gasteiger partial charge is 0.410 e. The first kappa shape index (κ1) is 22.2. The third-order valence-electron chi connectivity index (χ3n) is 5.00. The van der Waals surface area contributed by atoms with Crippen LogP contribution in [0.3, 0.4) is 0 Å². The zero-order valence-corrected chi connectivity index (χ0v) is 17.7. The van der Waals surface area contributed by atoms with Crippen LogP contribution in [0.4, 0.5) is 4.79 Å². The lowest BCUT2D eigenvalue weighted by atomic mass is 10.0. The van der Waals surface area contributed by atoms with Gasteiger partial charge in [0, 0.05) is 30.7 Å². The fourth-order valence-corrected chi connectivity index (χ4v) is 3.60. The second-order valence-corrected chi connectivity index (χ2v) is 8.76. The monoisotopic (exact) mass is 389 g/mol. The van der Waals surface area contributed by atoms with E-state index in [9.17, 15) is 9.59 Å². The van der Waals surface area contributed by atoms with E-state index in [2.05, 4.69) is 12.2 Å². The minimum Gasteiger partial charge on any atom is -0.444 e. The largest absolute Gasteiger partial charge is 0.444 e. The maximum absolute atomic E-state index is 12.7. The Kier molecular flexibility index (Phi) is 7.87. The molecule has 1 heterocycles. The Labute approximate surface area is 168 Å². The zero-order chi connectivity index (χ0) is 20.7. The Morgan fingerprint density at radius 1 is 1.29 bits per heavy atom. The number of hydrogen-bond donors (Lipinski definition) is 2. The first-order valence-electron chi connectivity index (χ1n) is 10.3. The van der Waals surface area contributed by atoms with Crippen molar-refractivity contribution < 1.29 is 14.3 Å². The van der Waals surface area contributed by atoms with Gasteiger partial charge in [0.05, 0.1) is 0 Å². The Morgan fingerprint density at radius 3 is 2.71 bits per heavy atom. The Balaban J connectivity index is 1.95. The fourth-order valence-electron chi connectivity index (χ4n) is 3.60. The number of nitrogens with zero attached hydrogens (tertiary/aromatic N) is 1. The summed E-state index contributed by atoms with van der Waals surface area (Å²) in [5.74, 6) is -0.415. The van der Waals surface area contributed by atoms with Gasteiger partial charge >= 0.3 is 6.09 Å². The van der Waals surface area contributed by atoms with Crippen molar-refractivity contribution >= 4 is 12.0 Å². The molecule has 2 rings (SSSR count). The van der Waals surface area contributed by atoms with Gasteiger partial charge in [-0.2, -0.15) is 0 Å². The van der Waals surface area contributed by atoms with E-state index in [4.69, 9.17) is 10.5 Å². The molecule has 6 nitrogen and oxygen atoms in total. The van der Waals surface area contributed by atoms with Crippen molar-refractivity contribution in [2.45, 2.75) is 84.0 Å². The van der Waals surface area contributed by atoms with E-state index in [0.717, 1.165) is 44.2 Å². The molecule has 6 heteroatoms. The summed E-state index contributed by atoms with van der Waals surface area (Å²) in [6.07, 6.45) is 4.98. The number of hydrogen-bond acceptors (Lipinski definition) is 4. The van der Waals surface area contributed by atoms with E-state index in [1.807, 2.05) is 43.9 Å². The van der Waals surface area contributed by atoms with E-state index < -0.39 is 11.5 Å². The van der Waals surface area contributed by atoms with Gasteiger partial charge < -0.3 is 20.7 Å². The summed E-state index contributed by atoms with van der Waals surface area (Å²) >= 11 is 0. The molecule has 28 heavy (non-hydrogen) atoms. The number of ether oxygens (including phenoxy) is 1. The highest BCUT2D eigenvalue weighted by Crippen LogP contribution is 2.23. The average Bonchev–Trinajstić information content (AvgIpc) is 2.84. The van der Waals surface area contributed by atoms with Gasteiger partial charge in [0.2, 0.25) is 5.91 Å². The third kappa shape index (κ3) is 7.15. The van der Waals surface area contributed by atoms with Crippen LogP contribution < -0.4 is 11.1 Å². The molecule has 156 valence electrons. The molecule has 0 saturated carbocycles. The van der Waals surface area contributed by atoms with Crippen molar-refractivity contribution in [1.29, 1.82) is 0 Å². The van der Waals surface area contributed by atoms with Gasteiger partial charge in [-0.25, -0.2) is 4.79 Å². The molecule has 2 atom stereocenters. The molecule has 1 saturated heterocycles. The Bertz CT molecular complexity index is 669. The van der Waals surface area contributed by atoms with E-state index in [-0.39, 0.29) is 18.2 Å². The summed E-state index contributed by atoms with van der Waals surface area (Å²) in [7, 11) is 0. The van der Waals surface area contributed by atoms with Crippen LogP contribution in [0.15, 0.2) is 24.3 Å². The Morgan fingerprint density at radius 2 is 2.04 bits per heavy atom. The molecular weight excluding hydrogens is 354 g/mol. The lowest BCUT2D eigenvalue weighted by Gasteiger charge is -2.33. The van der Waals surface area contributed by atoms with E-state index in [1.54, 1.807) is 6.07 Å². The van der Waals surface area contributed by atoms with Crippen LogP contribution in [-0.2, 0) is 11.3 Å². The van der Waals surface area contributed by atoms with Crippen LogP contribution in [-0.4, -0.2) is 41.1 Å². The lowest BCUT2D eigenvalue weighted by Crippen LogP contribution is -2.45. The molecule has 1 aliphatic heterocycles. The summed E-state index contributed by atoms with van der Waals surface area (Å²) in [4.78, 5) is 25.9. The Hall–Kier alpha value is -2.08. The predicted molar refractivity (Wildman–Crippen MR) is 111 cm³/mol. The summed E-state index contributed by atoms with van der Waals surface area (Å²) in [5, 5.41) is 3.51. The minimum atomic E-state index is -0.483. The highest BCUT2D eigenvalue weighted by Gasteiger charge is 2.30. The van der Waals surface area contributed by atoms with Crippen LogP contribution in [0.5, 0.6) is 0 Å². The van der Waals surface area contributed by atoms with Gasteiger partial charge in [-0.05, 0) is 64.7 Å². The highest BCUT2D eigenvalue weighted by atomic mass is 16.6. The quantitative estimate of drug-likeness (QED) is 0.774. The molecule has 2 unspecified atom stereocenters. The molecule has 0 spiro atoms. The van der Waals surface area contributed by atoms with E-state index >= 15 is 0 Å². The number of amides is 2. The van der Waals surface area contributed by atoms with Crippen molar-refractivity contribution in [2.24, 2.45) is 5.73 Å². The second kappa shape index (κ2) is 9.92. The average molecular weight is 390 g/mol. The number of benzene rings is 1. The third-order valence-corrected chi connectivity index (χ3v) is 5.00. The zero-order valence-electron chi connectivity index (χ0n) is 17.7. The van der Waals surface area contributed by atoms with Gasteiger partial charge in [0.25, 0.3) is 0 Å². The normalized spacial score (nSPS) is 19.0. The fraction of sp³-hybridized carbons (Fsp3) is 0.636. The van der Waals surface area contributed by atoms with Crippen LogP contribution in [0.25, 0.3) is 0 Å². The number of nitrogens with one attached hydrogen (secondary N) is 1. The molecule has 1 aromatic rings. The molecule has 0 radical (unpaired) electrons. The van der Waals surface area contributed by atoms with Crippen LogP contribution in [0.2, 0.25) is 0 Å². The van der Waals surface area contributed by atoms with Gasteiger partial charge in [-0.15, -0.1) is 0 Å². The van der Waals surface area contributed by atoms with Crippen LogP contribution in [0, 0.1) is 0 Å². The SMILES string of the molecule is CC(CC1CCCCCN1C(=O)OC(C)(C)C)NCc1cccc(C(N)=O)c1. The van der Waals surface area contributed by atoms with Gasteiger partial charge in [-0.1, -0.05) is 25.0 Å². The number of carbonyl (C=O) groups is 2. The minimum absolute atomic E-state index is 0.178. The molecule has 1 aliphatic rings. The molecule has 1 fully saturated rings. The van der Waals surface area contributed by atoms with E-state index in [0.29, 0.717) is 12.1 Å². The summed E-state index contributed by atoms with van der Waals surface area (Å²) in [5.41, 5.74) is 6.41. The van der Waals surface area contributed by atoms with Crippen molar-refractivity contribution in [3.63, 3.8) is 0 Å². The summed E-state index contributed by atoms with van der Waals surface area (Å²) < 4.78 is 5.63. The summed E-state index contributed by atoms with van der Waals surface area (Å²) in [6.45, 7) is 9.26. The number of nitrogens with two attached hydrogens (primary N) is 1. The number of primary amides is 1. The van der Waals surface area contributed by atoms with Gasteiger partial charge in [-0.3, -0.25) is 4.79 Å². The topological polar surface area (TPSA) is 84.7 Å². The molecule has 0 aliphatic carbocycles. The van der Waals surface area contributed by atoms with Crippen molar-refractivity contribution in [2.75, 3.05) is 6.54 Å². The number of rotatable bonds is 6. The number of likely N-dealkylation sites (tertiary alicyclic amines) is 1. The van der Waals surface area contributed by atoms with Crippen molar-refractivity contribution in [3.8, 4) is 0 Å². The molecule has 1 aromatic carbocycles. The van der Waals surface area contributed by atoms with Crippen molar-refractivity contribution in [3.05, 3.63) is 35.4 Å². The highest BCUT2D eigenvalue weighted by molar-refractivity contribution is 5.92.